The highest BCUT2D eigenvalue weighted by molar-refractivity contribution is 4.77. The second-order valence-electron chi connectivity index (χ2n) is 4.14. The summed E-state index contributed by atoms with van der Waals surface area (Å²) in [6, 6.07) is 0. The number of rotatable bonds is 6. The monoisotopic (exact) mass is 212 g/mol. The van der Waals surface area contributed by atoms with Gasteiger partial charge >= 0.3 is 0 Å². The summed E-state index contributed by atoms with van der Waals surface area (Å²) in [4.78, 5) is 0. The van der Waals surface area contributed by atoms with Crippen LogP contribution in [0.25, 0.3) is 0 Å². The van der Waals surface area contributed by atoms with Crippen molar-refractivity contribution in [2.24, 2.45) is 5.92 Å². The lowest BCUT2D eigenvalue weighted by molar-refractivity contribution is -0.103. The molecule has 0 aliphatic carbocycles. The summed E-state index contributed by atoms with van der Waals surface area (Å²) in [6.07, 6.45) is -3.11. The van der Waals surface area contributed by atoms with Gasteiger partial charge in [0.15, 0.2) is 0 Å². The van der Waals surface area contributed by atoms with Gasteiger partial charge in [0.05, 0.1) is 18.4 Å². The minimum Gasteiger partial charge on any atom is -0.375 e. The van der Waals surface area contributed by atoms with Crippen LogP contribution in [0.2, 0.25) is 0 Å². The molecule has 0 rings (SSSR count). The van der Waals surface area contributed by atoms with Crippen molar-refractivity contribution in [1.82, 2.24) is 0 Å². The van der Waals surface area contributed by atoms with Crippen molar-refractivity contribution in [3.63, 3.8) is 0 Å². The van der Waals surface area contributed by atoms with Crippen molar-refractivity contribution >= 4 is 0 Å². The summed E-state index contributed by atoms with van der Waals surface area (Å²) >= 11 is 0. The summed E-state index contributed by atoms with van der Waals surface area (Å²) in [5.41, 5.74) is -0.900. The molecule has 0 spiro atoms. The van der Waals surface area contributed by atoms with Gasteiger partial charge in [-0.25, -0.2) is 13.2 Å². The maximum absolute atomic E-state index is 12.4. The van der Waals surface area contributed by atoms with E-state index in [0.717, 1.165) is 0 Å². The van der Waals surface area contributed by atoms with Gasteiger partial charge < -0.3 is 4.74 Å². The molecule has 0 aliphatic rings. The average molecular weight is 212 g/mol. The summed E-state index contributed by atoms with van der Waals surface area (Å²) in [5, 5.41) is 0. The van der Waals surface area contributed by atoms with Gasteiger partial charge in [-0.2, -0.15) is 0 Å². The first-order valence-electron chi connectivity index (χ1n) is 4.83. The molecular weight excluding hydrogens is 193 g/mol. The van der Waals surface area contributed by atoms with Crippen molar-refractivity contribution in [2.45, 2.75) is 52.3 Å². The summed E-state index contributed by atoms with van der Waals surface area (Å²) in [6.45, 7) is 6.25. The molecule has 0 aliphatic heterocycles. The normalized spacial score (nSPS) is 17.1. The molecule has 2 unspecified atom stereocenters. The Balaban J connectivity index is 3.94. The maximum Gasteiger partial charge on any atom is 0.243 e. The first-order valence-corrected chi connectivity index (χ1v) is 4.83. The number of ether oxygens (including phenoxy) is 1. The predicted octanol–water partition coefficient (Wildman–Crippen LogP) is 3.43. The first-order chi connectivity index (χ1) is 6.27. The van der Waals surface area contributed by atoms with E-state index in [1.165, 1.54) is 13.8 Å². The van der Waals surface area contributed by atoms with Crippen LogP contribution in [-0.4, -0.2) is 24.8 Å². The molecule has 86 valence electrons. The molecule has 14 heavy (non-hydrogen) atoms. The molecule has 0 saturated carbocycles. The molecule has 0 heterocycles. The van der Waals surface area contributed by atoms with E-state index in [0.29, 0.717) is 0 Å². The highest BCUT2D eigenvalue weighted by atomic mass is 19.3. The Morgan fingerprint density at radius 1 is 1.14 bits per heavy atom. The SMILES string of the molecule is CC(F)CCOC(C)(C)C(C)C(F)F. The van der Waals surface area contributed by atoms with E-state index in [2.05, 4.69) is 0 Å². The standard InChI is InChI=1S/C10H19F3O/c1-7(11)5-6-14-10(3,4)8(2)9(12)13/h7-9H,5-6H2,1-4H3. The molecule has 0 saturated heterocycles. The molecule has 0 aromatic rings. The van der Waals surface area contributed by atoms with Gasteiger partial charge in [0, 0.05) is 12.3 Å². The molecule has 0 amide bonds. The smallest absolute Gasteiger partial charge is 0.243 e. The molecule has 0 bridgehead atoms. The van der Waals surface area contributed by atoms with Gasteiger partial charge in [-0.3, -0.25) is 0 Å². The van der Waals surface area contributed by atoms with Crippen LogP contribution in [0.5, 0.6) is 0 Å². The Labute approximate surface area is 83.6 Å². The van der Waals surface area contributed by atoms with E-state index in [1.54, 1.807) is 13.8 Å². The van der Waals surface area contributed by atoms with E-state index in [1.807, 2.05) is 0 Å². The zero-order valence-corrected chi connectivity index (χ0v) is 9.19. The van der Waals surface area contributed by atoms with Crippen LogP contribution in [0.3, 0.4) is 0 Å². The van der Waals surface area contributed by atoms with Crippen molar-refractivity contribution in [2.75, 3.05) is 6.61 Å². The zero-order chi connectivity index (χ0) is 11.4. The Kier molecular flexibility index (Phi) is 5.49. The predicted molar refractivity (Wildman–Crippen MR) is 50.4 cm³/mol. The summed E-state index contributed by atoms with van der Waals surface area (Å²) in [7, 11) is 0. The Morgan fingerprint density at radius 3 is 2.00 bits per heavy atom. The minimum atomic E-state index is -2.41. The highest BCUT2D eigenvalue weighted by Crippen LogP contribution is 2.26. The molecule has 0 aromatic heterocycles. The van der Waals surface area contributed by atoms with Crippen LogP contribution >= 0.6 is 0 Å². The summed E-state index contributed by atoms with van der Waals surface area (Å²) < 4.78 is 42.4. The van der Waals surface area contributed by atoms with Gasteiger partial charge in [-0.15, -0.1) is 0 Å². The minimum absolute atomic E-state index is 0.182. The van der Waals surface area contributed by atoms with Gasteiger partial charge in [0.2, 0.25) is 6.43 Å². The van der Waals surface area contributed by atoms with Gasteiger partial charge in [0.25, 0.3) is 0 Å². The Bertz CT molecular complexity index is 157. The number of alkyl halides is 3. The van der Waals surface area contributed by atoms with Crippen molar-refractivity contribution in [3.05, 3.63) is 0 Å². The van der Waals surface area contributed by atoms with Crippen LogP contribution in [0, 0.1) is 5.92 Å². The Morgan fingerprint density at radius 2 is 1.64 bits per heavy atom. The van der Waals surface area contributed by atoms with Crippen molar-refractivity contribution < 1.29 is 17.9 Å². The van der Waals surface area contributed by atoms with Crippen molar-refractivity contribution in [3.8, 4) is 0 Å². The fourth-order valence-corrected chi connectivity index (χ4v) is 0.919. The van der Waals surface area contributed by atoms with E-state index in [4.69, 9.17) is 4.74 Å². The van der Waals surface area contributed by atoms with E-state index < -0.39 is 24.1 Å². The fraction of sp³-hybridized carbons (Fsp3) is 1.00. The number of hydrogen-bond donors (Lipinski definition) is 0. The molecule has 2 atom stereocenters. The quantitative estimate of drug-likeness (QED) is 0.655. The molecule has 0 radical (unpaired) electrons. The van der Waals surface area contributed by atoms with E-state index in [-0.39, 0.29) is 13.0 Å². The average Bonchev–Trinajstić information content (AvgIpc) is 2.01. The molecule has 0 N–H and O–H groups in total. The second-order valence-corrected chi connectivity index (χ2v) is 4.14. The van der Waals surface area contributed by atoms with E-state index >= 15 is 0 Å². The third-order valence-electron chi connectivity index (χ3n) is 2.46. The second kappa shape index (κ2) is 5.59. The number of hydrogen-bond acceptors (Lipinski definition) is 1. The van der Waals surface area contributed by atoms with Crippen LogP contribution in [0.15, 0.2) is 0 Å². The van der Waals surface area contributed by atoms with Gasteiger partial charge in [0.1, 0.15) is 0 Å². The molecule has 0 aromatic carbocycles. The third-order valence-corrected chi connectivity index (χ3v) is 2.46. The summed E-state index contributed by atoms with van der Waals surface area (Å²) in [5.74, 6) is -0.850. The van der Waals surface area contributed by atoms with Crippen molar-refractivity contribution in [1.29, 1.82) is 0 Å². The van der Waals surface area contributed by atoms with Crippen LogP contribution < -0.4 is 0 Å². The van der Waals surface area contributed by atoms with Crippen LogP contribution in [0.1, 0.15) is 34.1 Å². The zero-order valence-electron chi connectivity index (χ0n) is 9.19. The van der Waals surface area contributed by atoms with Crippen LogP contribution in [-0.2, 0) is 4.74 Å². The highest BCUT2D eigenvalue weighted by Gasteiger charge is 2.33. The third kappa shape index (κ3) is 4.84. The molecule has 4 heteroatoms. The lowest BCUT2D eigenvalue weighted by Gasteiger charge is -2.31. The Hall–Kier alpha value is -0.250. The first kappa shape index (κ1) is 13.8. The topological polar surface area (TPSA) is 9.23 Å². The lowest BCUT2D eigenvalue weighted by atomic mass is 9.93. The lowest BCUT2D eigenvalue weighted by Crippen LogP contribution is -2.37. The fourth-order valence-electron chi connectivity index (χ4n) is 0.919. The largest absolute Gasteiger partial charge is 0.375 e. The maximum atomic E-state index is 12.4. The number of halogens is 3. The van der Waals surface area contributed by atoms with Gasteiger partial charge in [-0.1, -0.05) is 6.92 Å². The molecule has 0 fully saturated rings. The molecule has 1 nitrogen and oxygen atoms in total. The van der Waals surface area contributed by atoms with Gasteiger partial charge in [-0.05, 0) is 20.8 Å². The molecular formula is C10H19F3O. The van der Waals surface area contributed by atoms with Crippen LogP contribution in [0.4, 0.5) is 13.2 Å². The van der Waals surface area contributed by atoms with E-state index in [9.17, 15) is 13.2 Å².